The first kappa shape index (κ1) is 8.00. The number of nitrogens with one attached hydrogen (secondary N) is 2. The fraction of sp³-hybridized carbons (Fsp3) is 0.364. The van der Waals surface area contributed by atoms with E-state index in [-0.39, 0.29) is 0 Å². The summed E-state index contributed by atoms with van der Waals surface area (Å²) in [5.74, 6) is 0. The summed E-state index contributed by atoms with van der Waals surface area (Å²) in [7, 11) is 0. The van der Waals surface area contributed by atoms with Gasteiger partial charge in [-0.3, -0.25) is 0 Å². The van der Waals surface area contributed by atoms with E-state index in [9.17, 15) is 0 Å². The lowest BCUT2D eigenvalue weighted by atomic mass is 10.1. The van der Waals surface area contributed by atoms with Gasteiger partial charge in [-0.25, -0.2) is 4.98 Å². The number of H-pyrrole nitrogens is 1. The summed E-state index contributed by atoms with van der Waals surface area (Å²) in [6, 6.07) is 6.71. The second kappa shape index (κ2) is 3.10. The summed E-state index contributed by atoms with van der Waals surface area (Å²) in [4.78, 5) is 7.78. The van der Waals surface area contributed by atoms with Crippen LogP contribution in [0.15, 0.2) is 24.4 Å². The van der Waals surface area contributed by atoms with Crippen LogP contribution in [-0.2, 0) is 0 Å². The predicted molar refractivity (Wildman–Crippen MR) is 56.1 cm³/mol. The molecule has 2 aromatic rings. The molecule has 0 aromatic carbocycles. The highest BCUT2D eigenvalue weighted by molar-refractivity contribution is 5.74. The topological polar surface area (TPSA) is 40.7 Å². The minimum absolute atomic E-state index is 0.467. The van der Waals surface area contributed by atoms with Gasteiger partial charge in [-0.2, -0.15) is 0 Å². The number of nitrogens with zero attached hydrogens (tertiary/aromatic N) is 1. The van der Waals surface area contributed by atoms with E-state index in [4.69, 9.17) is 0 Å². The lowest BCUT2D eigenvalue weighted by Crippen LogP contribution is -2.13. The molecule has 0 radical (unpaired) electrons. The number of hydrogen-bond donors (Lipinski definition) is 2. The molecular weight excluding hydrogens is 174 g/mol. The summed E-state index contributed by atoms with van der Waals surface area (Å²) in [5, 5.41) is 3.46. The van der Waals surface area contributed by atoms with Crippen LogP contribution in [0, 0.1) is 0 Å². The standard InChI is InChI=1S/C11H13N3/c1-2-8(12-6-1)10-4-3-9-11(14-10)5-7-13-9/h3-5,7-8,12-13H,1-2,6H2. The molecule has 0 saturated carbocycles. The Morgan fingerprint density at radius 3 is 3.14 bits per heavy atom. The van der Waals surface area contributed by atoms with E-state index in [1.807, 2.05) is 12.3 Å². The van der Waals surface area contributed by atoms with Crippen molar-refractivity contribution >= 4 is 11.0 Å². The van der Waals surface area contributed by atoms with Crippen molar-refractivity contribution in [3.8, 4) is 0 Å². The van der Waals surface area contributed by atoms with Gasteiger partial charge in [0, 0.05) is 12.2 Å². The summed E-state index contributed by atoms with van der Waals surface area (Å²) in [6.45, 7) is 1.12. The Bertz CT molecular complexity index is 440. The van der Waals surface area contributed by atoms with Crippen LogP contribution in [0.3, 0.4) is 0 Å². The summed E-state index contributed by atoms with van der Waals surface area (Å²) in [5.41, 5.74) is 3.36. The molecule has 3 heteroatoms. The van der Waals surface area contributed by atoms with Crippen LogP contribution >= 0.6 is 0 Å². The highest BCUT2D eigenvalue weighted by Gasteiger charge is 2.17. The maximum absolute atomic E-state index is 4.62. The molecule has 1 aliphatic heterocycles. The van der Waals surface area contributed by atoms with E-state index in [2.05, 4.69) is 27.4 Å². The lowest BCUT2D eigenvalue weighted by molar-refractivity contribution is 0.630. The zero-order chi connectivity index (χ0) is 9.38. The highest BCUT2D eigenvalue weighted by Crippen LogP contribution is 2.22. The van der Waals surface area contributed by atoms with Crippen LogP contribution in [0.2, 0.25) is 0 Å². The molecule has 0 amide bonds. The fourth-order valence-electron chi connectivity index (χ4n) is 2.08. The normalized spacial score (nSPS) is 21.9. The Morgan fingerprint density at radius 1 is 1.29 bits per heavy atom. The van der Waals surface area contributed by atoms with Crippen molar-refractivity contribution < 1.29 is 0 Å². The van der Waals surface area contributed by atoms with Gasteiger partial charge in [-0.1, -0.05) is 0 Å². The molecule has 3 rings (SSSR count). The van der Waals surface area contributed by atoms with Crippen molar-refractivity contribution in [1.29, 1.82) is 0 Å². The van der Waals surface area contributed by atoms with Gasteiger partial charge in [0.25, 0.3) is 0 Å². The molecule has 0 bridgehead atoms. The summed E-state index contributed by atoms with van der Waals surface area (Å²) in [6.07, 6.45) is 4.41. The molecule has 1 saturated heterocycles. The maximum Gasteiger partial charge on any atom is 0.0882 e. The molecule has 1 unspecified atom stereocenters. The third-order valence-corrected chi connectivity index (χ3v) is 2.84. The molecule has 1 fully saturated rings. The SMILES string of the molecule is c1cc2nc(C3CCCN3)ccc2[nH]1. The van der Waals surface area contributed by atoms with Gasteiger partial charge >= 0.3 is 0 Å². The van der Waals surface area contributed by atoms with E-state index in [0.29, 0.717) is 6.04 Å². The highest BCUT2D eigenvalue weighted by atomic mass is 15.0. The second-order valence-electron chi connectivity index (χ2n) is 3.80. The van der Waals surface area contributed by atoms with Crippen molar-refractivity contribution in [2.45, 2.75) is 18.9 Å². The Balaban J connectivity index is 2.04. The van der Waals surface area contributed by atoms with Gasteiger partial charge in [-0.05, 0) is 37.6 Å². The summed E-state index contributed by atoms with van der Waals surface area (Å²) >= 11 is 0. The molecule has 1 atom stereocenters. The van der Waals surface area contributed by atoms with Gasteiger partial charge in [0.05, 0.1) is 16.7 Å². The number of hydrogen-bond acceptors (Lipinski definition) is 2. The van der Waals surface area contributed by atoms with Crippen LogP contribution in [0.5, 0.6) is 0 Å². The van der Waals surface area contributed by atoms with E-state index in [1.54, 1.807) is 0 Å². The van der Waals surface area contributed by atoms with Crippen LogP contribution in [0.4, 0.5) is 0 Å². The molecule has 1 aliphatic rings. The number of aromatic amines is 1. The first-order valence-electron chi connectivity index (χ1n) is 5.11. The monoisotopic (exact) mass is 187 g/mol. The average Bonchev–Trinajstić information content (AvgIpc) is 2.88. The summed E-state index contributed by atoms with van der Waals surface area (Å²) < 4.78 is 0. The Labute approximate surface area is 82.5 Å². The first-order valence-corrected chi connectivity index (χ1v) is 5.11. The van der Waals surface area contributed by atoms with E-state index >= 15 is 0 Å². The number of rotatable bonds is 1. The van der Waals surface area contributed by atoms with Gasteiger partial charge in [0.1, 0.15) is 0 Å². The zero-order valence-electron chi connectivity index (χ0n) is 7.96. The molecule has 2 aromatic heterocycles. The molecule has 14 heavy (non-hydrogen) atoms. The molecule has 3 nitrogen and oxygen atoms in total. The molecular formula is C11H13N3. The molecule has 72 valence electrons. The fourth-order valence-corrected chi connectivity index (χ4v) is 2.08. The minimum Gasteiger partial charge on any atom is -0.360 e. The molecule has 0 aliphatic carbocycles. The van der Waals surface area contributed by atoms with Crippen LogP contribution in [0.1, 0.15) is 24.6 Å². The largest absolute Gasteiger partial charge is 0.360 e. The molecule has 2 N–H and O–H groups in total. The number of pyridine rings is 1. The Kier molecular flexibility index (Phi) is 1.77. The van der Waals surface area contributed by atoms with Gasteiger partial charge < -0.3 is 10.3 Å². The third-order valence-electron chi connectivity index (χ3n) is 2.84. The van der Waals surface area contributed by atoms with Crippen molar-refractivity contribution in [2.75, 3.05) is 6.54 Å². The van der Waals surface area contributed by atoms with E-state index < -0.39 is 0 Å². The Morgan fingerprint density at radius 2 is 2.29 bits per heavy atom. The van der Waals surface area contributed by atoms with Gasteiger partial charge in [0.2, 0.25) is 0 Å². The molecule has 3 heterocycles. The molecule has 0 spiro atoms. The van der Waals surface area contributed by atoms with Crippen LogP contribution in [-0.4, -0.2) is 16.5 Å². The van der Waals surface area contributed by atoms with Crippen LogP contribution in [0.25, 0.3) is 11.0 Å². The van der Waals surface area contributed by atoms with Gasteiger partial charge in [-0.15, -0.1) is 0 Å². The second-order valence-corrected chi connectivity index (χ2v) is 3.80. The zero-order valence-corrected chi connectivity index (χ0v) is 7.96. The van der Waals surface area contributed by atoms with Crippen molar-refractivity contribution in [2.24, 2.45) is 0 Å². The minimum atomic E-state index is 0.467. The third kappa shape index (κ3) is 1.21. The van der Waals surface area contributed by atoms with E-state index in [1.165, 1.54) is 18.5 Å². The smallest absolute Gasteiger partial charge is 0.0882 e. The predicted octanol–water partition coefficient (Wildman–Crippen LogP) is 1.99. The quantitative estimate of drug-likeness (QED) is 0.716. The van der Waals surface area contributed by atoms with Crippen molar-refractivity contribution in [1.82, 2.24) is 15.3 Å². The van der Waals surface area contributed by atoms with Gasteiger partial charge in [0.15, 0.2) is 0 Å². The Hall–Kier alpha value is -1.35. The number of fused-ring (bicyclic) bond motifs is 1. The first-order chi connectivity index (χ1) is 6.93. The van der Waals surface area contributed by atoms with Crippen LogP contribution < -0.4 is 5.32 Å². The average molecular weight is 187 g/mol. The number of aromatic nitrogens is 2. The van der Waals surface area contributed by atoms with E-state index in [0.717, 1.165) is 17.6 Å². The van der Waals surface area contributed by atoms with Crippen molar-refractivity contribution in [3.63, 3.8) is 0 Å². The maximum atomic E-state index is 4.62. The van der Waals surface area contributed by atoms with Crippen molar-refractivity contribution in [3.05, 3.63) is 30.1 Å². The lowest BCUT2D eigenvalue weighted by Gasteiger charge is -2.08.